The van der Waals surface area contributed by atoms with Crippen molar-refractivity contribution in [3.8, 4) is 5.75 Å². The van der Waals surface area contributed by atoms with Crippen molar-refractivity contribution in [2.75, 3.05) is 20.2 Å². The SMILES string of the molecule is COc1ccc(C(=O)N[C@H](C(=O)O[C@H](C)C(=O)N2C[C@H](C)O[C@@H](C)C2)C(C)C)cc1. The highest BCUT2D eigenvalue weighted by Gasteiger charge is 2.33. The second-order valence-corrected chi connectivity index (χ2v) is 8.00. The molecule has 8 heteroatoms. The Morgan fingerprint density at radius 3 is 2.13 bits per heavy atom. The molecule has 1 aliphatic heterocycles. The highest BCUT2D eigenvalue weighted by Crippen LogP contribution is 2.15. The highest BCUT2D eigenvalue weighted by atomic mass is 16.6. The van der Waals surface area contributed by atoms with Gasteiger partial charge in [0.25, 0.3) is 11.8 Å². The molecule has 1 aliphatic rings. The maximum absolute atomic E-state index is 12.7. The molecular weight excluding hydrogens is 388 g/mol. The Hall–Kier alpha value is -2.61. The molecule has 8 nitrogen and oxygen atoms in total. The third-order valence-electron chi connectivity index (χ3n) is 4.93. The first-order valence-corrected chi connectivity index (χ1v) is 10.2. The second-order valence-electron chi connectivity index (χ2n) is 8.00. The Bertz CT molecular complexity index is 738. The van der Waals surface area contributed by atoms with E-state index in [1.54, 1.807) is 57.0 Å². The molecule has 0 radical (unpaired) electrons. The topological polar surface area (TPSA) is 94.2 Å². The Balaban J connectivity index is 2.00. The molecule has 0 spiro atoms. The number of hydrogen-bond acceptors (Lipinski definition) is 6. The van der Waals surface area contributed by atoms with Crippen LogP contribution in [0, 0.1) is 5.92 Å². The monoisotopic (exact) mass is 420 g/mol. The van der Waals surface area contributed by atoms with E-state index in [0.717, 1.165) is 0 Å². The summed E-state index contributed by atoms with van der Waals surface area (Å²) in [6.45, 7) is 9.86. The number of carbonyl (C=O) groups is 3. The zero-order chi connectivity index (χ0) is 22.4. The predicted octanol–water partition coefficient (Wildman–Crippen LogP) is 2.02. The van der Waals surface area contributed by atoms with E-state index in [9.17, 15) is 14.4 Å². The number of ether oxygens (including phenoxy) is 3. The maximum Gasteiger partial charge on any atom is 0.329 e. The van der Waals surface area contributed by atoms with Crippen LogP contribution in [-0.2, 0) is 19.1 Å². The first kappa shape index (κ1) is 23.7. The maximum atomic E-state index is 12.7. The largest absolute Gasteiger partial charge is 0.497 e. The number of amides is 2. The summed E-state index contributed by atoms with van der Waals surface area (Å²) < 4.78 is 16.2. The van der Waals surface area contributed by atoms with Crippen LogP contribution in [0.25, 0.3) is 0 Å². The molecule has 0 aliphatic carbocycles. The molecule has 0 aromatic heterocycles. The first-order chi connectivity index (χ1) is 14.1. The van der Waals surface area contributed by atoms with Crippen molar-refractivity contribution in [2.45, 2.75) is 59.0 Å². The van der Waals surface area contributed by atoms with E-state index in [-0.39, 0.29) is 24.0 Å². The molecule has 0 bridgehead atoms. The fourth-order valence-corrected chi connectivity index (χ4v) is 3.38. The van der Waals surface area contributed by atoms with Gasteiger partial charge in [-0.25, -0.2) is 4.79 Å². The summed E-state index contributed by atoms with van der Waals surface area (Å²) >= 11 is 0. The molecule has 4 atom stereocenters. The van der Waals surface area contributed by atoms with Gasteiger partial charge in [0.15, 0.2) is 6.10 Å². The van der Waals surface area contributed by atoms with Crippen LogP contribution >= 0.6 is 0 Å². The lowest BCUT2D eigenvalue weighted by Crippen LogP contribution is -2.52. The summed E-state index contributed by atoms with van der Waals surface area (Å²) in [5.74, 6) is -0.893. The van der Waals surface area contributed by atoms with Crippen LogP contribution in [0.3, 0.4) is 0 Å². The van der Waals surface area contributed by atoms with Crippen molar-refractivity contribution >= 4 is 17.8 Å². The highest BCUT2D eigenvalue weighted by molar-refractivity contribution is 5.97. The van der Waals surface area contributed by atoms with E-state index >= 15 is 0 Å². The average Bonchev–Trinajstić information content (AvgIpc) is 2.70. The minimum absolute atomic E-state index is 0.0761. The third kappa shape index (κ3) is 6.19. The fraction of sp³-hybridized carbons (Fsp3) is 0.591. The van der Waals surface area contributed by atoms with E-state index in [2.05, 4.69) is 5.32 Å². The predicted molar refractivity (Wildman–Crippen MR) is 111 cm³/mol. The van der Waals surface area contributed by atoms with Crippen molar-refractivity contribution in [2.24, 2.45) is 5.92 Å². The van der Waals surface area contributed by atoms with Gasteiger partial charge in [-0.1, -0.05) is 13.8 Å². The number of hydrogen-bond donors (Lipinski definition) is 1. The number of rotatable bonds is 7. The lowest BCUT2D eigenvalue weighted by Gasteiger charge is -2.36. The molecule has 0 unspecified atom stereocenters. The smallest absolute Gasteiger partial charge is 0.329 e. The lowest BCUT2D eigenvalue weighted by molar-refractivity contribution is -0.166. The van der Waals surface area contributed by atoms with Gasteiger partial charge < -0.3 is 24.4 Å². The Kier molecular flexibility index (Phi) is 8.23. The van der Waals surface area contributed by atoms with Crippen molar-refractivity contribution in [3.05, 3.63) is 29.8 Å². The van der Waals surface area contributed by atoms with E-state index in [0.29, 0.717) is 24.4 Å². The molecule has 2 rings (SSSR count). The minimum Gasteiger partial charge on any atom is -0.497 e. The Labute approximate surface area is 177 Å². The Morgan fingerprint density at radius 1 is 1.07 bits per heavy atom. The van der Waals surface area contributed by atoms with Crippen LogP contribution in [0.1, 0.15) is 45.0 Å². The summed E-state index contributed by atoms with van der Waals surface area (Å²) in [4.78, 5) is 39.6. The summed E-state index contributed by atoms with van der Waals surface area (Å²) in [5, 5.41) is 2.71. The molecule has 30 heavy (non-hydrogen) atoms. The van der Waals surface area contributed by atoms with Gasteiger partial charge in [-0.05, 0) is 51.0 Å². The number of methoxy groups -OCH3 is 1. The molecule has 1 aromatic carbocycles. The van der Waals surface area contributed by atoms with E-state index in [1.807, 2.05) is 13.8 Å². The number of esters is 1. The van der Waals surface area contributed by atoms with Gasteiger partial charge in [0.1, 0.15) is 11.8 Å². The quantitative estimate of drug-likeness (QED) is 0.679. The number of nitrogens with zero attached hydrogens (tertiary/aromatic N) is 1. The normalized spacial score (nSPS) is 21.0. The van der Waals surface area contributed by atoms with Gasteiger partial charge >= 0.3 is 5.97 Å². The zero-order valence-electron chi connectivity index (χ0n) is 18.5. The van der Waals surface area contributed by atoms with E-state index in [4.69, 9.17) is 14.2 Å². The fourth-order valence-electron chi connectivity index (χ4n) is 3.38. The minimum atomic E-state index is -0.950. The number of carbonyl (C=O) groups excluding carboxylic acids is 3. The third-order valence-corrected chi connectivity index (χ3v) is 4.93. The zero-order valence-corrected chi connectivity index (χ0v) is 18.5. The first-order valence-electron chi connectivity index (χ1n) is 10.2. The molecule has 2 amide bonds. The molecule has 1 saturated heterocycles. The van der Waals surface area contributed by atoms with Crippen LogP contribution < -0.4 is 10.1 Å². The van der Waals surface area contributed by atoms with E-state index < -0.39 is 24.0 Å². The molecule has 1 heterocycles. The van der Waals surface area contributed by atoms with Crippen molar-refractivity contribution in [1.29, 1.82) is 0 Å². The van der Waals surface area contributed by atoms with E-state index in [1.165, 1.54) is 0 Å². The summed E-state index contributed by atoms with van der Waals surface area (Å²) in [6.07, 6.45) is -1.10. The van der Waals surface area contributed by atoms with Crippen LogP contribution in [-0.4, -0.2) is 67.2 Å². The van der Waals surface area contributed by atoms with Crippen molar-refractivity contribution in [1.82, 2.24) is 10.2 Å². The summed E-state index contributed by atoms with van der Waals surface area (Å²) in [6, 6.07) is 5.69. The van der Waals surface area contributed by atoms with Gasteiger partial charge in [0.05, 0.1) is 19.3 Å². The molecule has 0 saturated carbocycles. The standard InChI is InChI=1S/C22H32N2O6/c1-13(2)19(23-20(25)17-7-9-18(28-6)10-8-17)22(27)30-16(5)21(26)24-11-14(3)29-15(4)12-24/h7-10,13-16,19H,11-12H2,1-6H3,(H,23,25)/t14-,15-,16+,19-/m0/s1. The van der Waals surface area contributed by atoms with Gasteiger partial charge in [-0.15, -0.1) is 0 Å². The van der Waals surface area contributed by atoms with Crippen molar-refractivity contribution < 1.29 is 28.6 Å². The molecule has 166 valence electrons. The molecule has 1 N–H and O–H groups in total. The van der Waals surface area contributed by atoms with Crippen LogP contribution in [0.2, 0.25) is 0 Å². The number of benzene rings is 1. The molecule has 1 aromatic rings. The van der Waals surface area contributed by atoms with Crippen LogP contribution in [0.5, 0.6) is 5.75 Å². The van der Waals surface area contributed by atoms with Gasteiger partial charge in [-0.3, -0.25) is 9.59 Å². The average molecular weight is 421 g/mol. The lowest BCUT2D eigenvalue weighted by atomic mass is 10.0. The molecule has 1 fully saturated rings. The number of nitrogens with one attached hydrogen (secondary N) is 1. The van der Waals surface area contributed by atoms with Crippen LogP contribution in [0.4, 0.5) is 0 Å². The number of morpholine rings is 1. The second kappa shape index (κ2) is 10.4. The van der Waals surface area contributed by atoms with Gasteiger partial charge in [0.2, 0.25) is 0 Å². The summed E-state index contributed by atoms with van der Waals surface area (Å²) in [7, 11) is 1.54. The Morgan fingerprint density at radius 2 is 1.63 bits per heavy atom. The summed E-state index contributed by atoms with van der Waals surface area (Å²) in [5.41, 5.74) is 0.398. The molecular formula is C22H32N2O6. The van der Waals surface area contributed by atoms with Gasteiger partial charge in [-0.2, -0.15) is 0 Å². The van der Waals surface area contributed by atoms with Gasteiger partial charge in [0, 0.05) is 18.7 Å². The van der Waals surface area contributed by atoms with Crippen molar-refractivity contribution in [3.63, 3.8) is 0 Å². The van der Waals surface area contributed by atoms with Crippen LogP contribution in [0.15, 0.2) is 24.3 Å².